The lowest BCUT2D eigenvalue weighted by Crippen LogP contribution is -2.14. The van der Waals surface area contributed by atoms with E-state index < -0.39 is 23.5 Å². The van der Waals surface area contributed by atoms with Crippen molar-refractivity contribution in [3.63, 3.8) is 0 Å². The van der Waals surface area contributed by atoms with Crippen LogP contribution in [0.1, 0.15) is 47.6 Å². The first-order chi connectivity index (χ1) is 12.9. The highest BCUT2D eigenvalue weighted by atomic mass is 28.2. The highest BCUT2D eigenvalue weighted by Crippen LogP contribution is 2.63. The molecule has 6 rings (SSSR count). The summed E-state index contributed by atoms with van der Waals surface area (Å²) < 4.78 is 79.8. The molecule has 7 heteroatoms. The van der Waals surface area contributed by atoms with Gasteiger partial charge in [0.2, 0.25) is 0 Å². The minimum atomic E-state index is -4.83. The Morgan fingerprint density at radius 1 is 0.893 bits per heavy atom. The fourth-order valence-corrected chi connectivity index (χ4v) is 7.23. The number of hydrogen-bond acceptors (Lipinski definition) is 0. The van der Waals surface area contributed by atoms with Gasteiger partial charge in [0.25, 0.3) is 0 Å². The largest absolute Gasteiger partial charge is 0.416 e. The summed E-state index contributed by atoms with van der Waals surface area (Å²) in [4.78, 5) is 1.20. The van der Waals surface area contributed by atoms with Gasteiger partial charge in [0.05, 0.1) is 11.1 Å². The zero-order valence-corrected chi connectivity index (χ0v) is 16.5. The molecule has 2 aromatic rings. The van der Waals surface area contributed by atoms with Crippen LogP contribution in [0.2, 0.25) is 5.54 Å². The van der Waals surface area contributed by atoms with Gasteiger partial charge in [-0.05, 0) is 80.0 Å². The van der Waals surface area contributed by atoms with Gasteiger partial charge in [-0.25, -0.2) is 0 Å². The molecule has 1 aliphatic heterocycles. The van der Waals surface area contributed by atoms with Crippen LogP contribution < -0.4 is 5.22 Å². The second kappa shape index (κ2) is 5.17. The summed E-state index contributed by atoms with van der Waals surface area (Å²) in [6.07, 6.45) is -9.65. The summed E-state index contributed by atoms with van der Waals surface area (Å²) in [5, 5.41) is 0.966. The molecular formula is C21H16F6Si. The molecule has 0 saturated heterocycles. The van der Waals surface area contributed by atoms with E-state index in [2.05, 4.69) is 13.8 Å². The van der Waals surface area contributed by atoms with Crippen molar-refractivity contribution >= 4 is 14.7 Å². The van der Waals surface area contributed by atoms with E-state index in [9.17, 15) is 26.3 Å². The third kappa shape index (κ3) is 2.22. The Morgan fingerprint density at radius 2 is 1.46 bits per heavy atom. The minimum absolute atomic E-state index is 0.0429. The van der Waals surface area contributed by atoms with E-state index in [0.717, 1.165) is 28.5 Å². The topological polar surface area (TPSA) is 0 Å². The maximum absolute atomic E-state index is 13.3. The van der Waals surface area contributed by atoms with Crippen molar-refractivity contribution in [2.75, 3.05) is 0 Å². The zero-order valence-electron chi connectivity index (χ0n) is 15.3. The van der Waals surface area contributed by atoms with Gasteiger partial charge < -0.3 is 0 Å². The number of hydrogen-bond donors (Lipinski definition) is 0. The van der Waals surface area contributed by atoms with Crippen LogP contribution in [0, 0.1) is 17.7 Å². The van der Waals surface area contributed by atoms with E-state index in [1.165, 1.54) is 16.0 Å². The molecule has 2 aromatic carbocycles. The Morgan fingerprint density at radius 3 is 1.96 bits per heavy atom. The van der Waals surface area contributed by atoms with Crippen molar-refractivity contribution < 1.29 is 26.3 Å². The molecule has 2 unspecified atom stereocenters. The first-order valence-corrected chi connectivity index (χ1v) is 10.4. The van der Waals surface area contributed by atoms with Gasteiger partial charge in [0.15, 0.2) is 0 Å². The molecule has 3 aliphatic carbocycles. The first kappa shape index (κ1) is 18.2. The minimum Gasteiger partial charge on any atom is -0.166 e. The van der Waals surface area contributed by atoms with Crippen molar-refractivity contribution in [3.8, 4) is 11.1 Å². The van der Waals surface area contributed by atoms with E-state index >= 15 is 0 Å². The number of benzene rings is 2. The van der Waals surface area contributed by atoms with Crippen LogP contribution in [0.5, 0.6) is 0 Å². The second-order valence-electron chi connectivity index (χ2n) is 8.24. The van der Waals surface area contributed by atoms with E-state index in [1.807, 2.05) is 6.92 Å². The van der Waals surface area contributed by atoms with Crippen LogP contribution in [-0.2, 0) is 12.4 Å². The molecule has 0 radical (unpaired) electrons. The summed E-state index contributed by atoms with van der Waals surface area (Å²) in [7, 11) is -0.0429. The lowest BCUT2D eigenvalue weighted by Gasteiger charge is -2.17. The third-order valence-corrected chi connectivity index (χ3v) is 8.82. The highest BCUT2D eigenvalue weighted by molar-refractivity contribution is 6.37. The molecule has 0 nitrogen and oxygen atoms in total. The molecule has 146 valence electrons. The van der Waals surface area contributed by atoms with Crippen molar-refractivity contribution in [1.29, 1.82) is 0 Å². The molecular weight excluding hydrogens is 394 g/mol. The molecule has 0 aromatic heterocycles. The average Bonchev–Trinajstić information content (AvgIpc) is 3.07. The smallest absolute Gasteiger partial charge is 0.166 e. The van der Waals surface area contributed by atoms with Crippen LogP contribution in [0.4, 0.5) is 26.3 Å². The molecule has 0 N–H and O–H groups in total. The maximum Gasteiger partial charge on any atom is 0.416 e. The van der Waals surface area contributed by atoms with Crippen LogP contribution >= 0.6 is 0 Å². The quantitative estimate of drug-likeness (QED) is 0.456. The number of rotatable bonds is 2. The predicted molar refractivity (Wildman–Crippen MR) is 96.1 cm³/mol. The molecule has 0 fully saturated rings. The van der Waals surface area contributed by atoms with Crippen molar-refractivity contribution in [3.05, 3.63) is 56.0 Å². The fraction of sp³-hybridized carbons (Fsp3) is 0.381. The molecule has 0 saturated carbocycles. The molecule has 4 aliphatic rings. The molecule has 0 spiro atoms. The van der Waals surface area contributed by atoms with Crippen LogP contribution in [0.15, 0.2) is 18.2 Å². The highest BCUT2D eigenvalue weighted by Gasteiger charge is 2.51. The van der Waals surface area contributed by atoms with Crippen molar-refractivity contribution in [2.45, 2.75) is 44.6 Å². The fourth-order valence-electron chi connectivity index (χ4n) is 5.06. The molecule has 6 bridgehead atoms. The van der Waals surface area contributed by atoms with Crippen molar-refractivity contribution in [2.24, 2.45) is 5.92 Å². The number of halogens is 6. The van der Waals surface area contributed by atoms with Crippen LogP contribution in [-0.4, -0.2) is 9.13 Å². The van der Waals surface area contributed by atoms with Gasteiger partial charge >= 0.3 is 12.4 Å². The summed E-state index contributed by atoms with van der Waals surface area (Å²) in [6, 6.07) is 1.98. The molecule has 28 heavy (non-hydrogen) atoms. The zero-order chi connectivity index (χ0) is 20.3. The van der Waals surface area contributed by atoms with E-state index in [0.29, 0.717) is 17.0 Å². The van der Waals surface area contributed by atoms with Gasteiger partial charge in [-0.15, -0.1) is 0 Å². The molecule has 1 heterocycles. The molecule has 0 amide bonds. The van der Waals surface area contributed by atoms with E-state index in [4.69, 9.17) is 0 Å². The van der Waals surface area contributed by atoms with Crippen LogP contribution in [0.25, 0.3) is 16.7 Å². The van der Waals surface area contributed by atoms with E-state index in [1.54, 1.807) is 0 Å². The van der Waals surface area contributed by atoms with Gasteiger partial charge in [-0.2, -0.15) is 26.3 Å². The standard InChI is InChI=1S/C21H16F6Si/c1-7(2)18-17-15-12-8(3)19(28-18)16(17)13(14(12)15)9-4-10(20(22,23)24)6-11(5-9)21(25,26)27/h4-7,15,18,28H,1-3H3. The summed E-state index contributed by atoms with van der Waals surface area (Å²) in [5.74, 6) is 0.554. The van der Waals surface area contributed by atoms with Crippen LogP contribution in [0.3, 0.4) is 0 Å². The lowest BCUT2D eigenvalue weighted by atomic mass is 9.92. The van der Waals surface area contributed by atoms with E-state index in [-0.39, 0.29) is 26.7 Å². The summed E-state index contributed by atoms with van der Waals surface area (Å²) in [5.41, 5.74) is 3.17. The Labute approximate surface area is 159 Å². The monoisotopic (exact) mass is 410 g/mol. The Hall–Kier alpha value is -1.89. The lowest BCUT2D eigenvalue weighted by molar-refractivity contribution is -0.143. The number of alkyl halides is 6. The normalized spacial score (nSPS) is 21.6. The molecule has 2 atom stereocenters. The predicted octanol–water partition coefficient (Wildman–Crippen LogP) is 5.45. The average molecular weight is 410 g/mol. The van der Waals surface area contributed by atoms with Gasteiger partial charge in [-0.3, -0.25) is 0 Å². The Bertz CT molecular complexity index is 1150. The van der Waals surface area contributed by atoms with Gasteiger partial charge in [0.1, 0.15) is 0 Å². The first-order valence-electron chi connectivity index (χ1n) is 9.13. The van der Waals surface area contributed by atoms with Gasteiger partial charge in [0, 0.05) is 15.0 Å². The summed E-state index contributed by atoms with van der Waals surface area (Å²) >= 11 is 0. The van der Waals surface area contributed by atoms with Gasteiger partial charge in [-0.1, -0.05) is 13.8 Å². The Kier molecular flexibility index (Phi) is 3.35. The Balaban J connectivity index is 1.82. The SMILES string of the molecule is Cc1c2c3c(-c4cc(C(F)(F)F)cc(C(F)(F)F)c4)c4c1=[SiH]C(C(C)C)C=4C23. The summed E-state index contributed by atoms with van der Waals surface area (Å²) in [6.45, 7) is 6.32. The van der Waals surface area contributed by atoms with Crippen molar-refractivity contribution in [1.82, 2.24) is 0 Å². The third-order valence-electron chi connectivity index (χ3n) is 6.28. The maximum atomic E-state index is 13.3. The second-order valence-corrected chi connectivity index (χ2v) is 9.86.